The molecule has 2 aromatic heterocycles. The van der Waals surface area contributed by atoms with Crippen molar-refractivity contribution in [2.45, 2.75) is 0 Å². The molecule has 19 heavy (non-hydrogen) atoms. The average Bonchev–Trinajstić information content (AvgIpc) is 2.84. The number of rotatable bonds is 2. The molecule has 0 saturated carbocycles. The van der Waals surface area contributed by atoms with Crippen molar-refractivity contribution in [3.05, 3.63) is 52.6 Å². The van der Waals surface area contributed by atoms with Crippen LogP contribution in [0.15, 0.2) is 51.5 Å². The summed E-state index contributed by atoms with van der Waals surface area (Å²) in [5.74, 6) is -0.384. The molecule has 0 radical (unpaired) electrons. The van der Waals surface area contributed by atoms with E-state index >= 15 is 0 Å². The first kappa shape index (κ1) is 11.9. The molecule has 0 aliphatic rings. The van der Waals surface area contributed by atoms with E-state index < -0.39 is 5.97 Å². The summed E-state index contributed by atoms with van der Waals surface area (Å²) in [6.45, 7) is 0. The molecule has 5 heteroatoms. The number of fused-ring (bicyclic) bond motifs is 1. The van der Waals surface area contributed by atoms with Gasteiger partial charge in [0, 0.05) is 16.1 Å². The summed E-state index contributed by atoms with van der Waals surface area (Å²) in [5, 5.41) is 9.79. The van der Waals surface area contributed by atoms with E-state index in [1.54, 1.807) is 6.07 Å². The highest BCUT2D eigenvalue weighted by molar-refractivity contribution is 9.10. The Morgan fingerprint density at radius 3 is 2.74 bits per heavy atom. The van der Waals surface area contributed by atoms with Crippen LogP contribution in [-0.2, 0) is 0 Å². The number of benzene rings is 1. The van der Waals surface area contributed by atoms with Gasteiger partial charge in [0.15, 0.2) is 5.76 Å². The Balaban J connectivity index is 2.09. The Morgan fingerprint density at radius 2 is 2.11 bits per heavy atom. The summed E-state index contributed by atoms with van der Waals surface area (Å²) in [7, 11) is 0. The number of aromatic nitrogens is 1. The molecule has 0 fully saturated rings. The summed E-state index contributed by atoms with van der Waals surface area (Å²) in [6, 6.07) is 10.7. The Bertz CT molecular complexity index is 762. The normalized spacial score (nSPS) is 10.8. The number of furan rings is 1. The van der Waals surface area contributed by atoms with Gasteiger partial charge >= 0.3 is 5.97 Å². The number of carboxylic acid groups (broad SMARTS) is 1. The molecule has 3 aromatic rings. The molecule has 3 rings (SSSR count). The molecule has 0 atom stereocenters. The predicted molar refractivity (Wildman–Crippen MR) is 74.1 cm³/mol. The van der Waals surface area contributed by atoms with Crippen molar-refractivity contribution in [1.82, 2.24) is 4.98 Å². The summed E-state index contributed by atoms with van der Waals surface area (Å²) in [4.78, 5) is 14.9. The second-order valence-corrected chi connectivity index (χ2v) is 4.85. The molecule has 0 saturated heterocycles. The maximum absolute atomic E-state index is 10.8. The van der Waals surface area contributed by atoms with Crippen molar-refractivity contribution in [1.29, 1.82) is 0 Å². The smallest absolute Gasteiger partial charge is 0.337 e. The lowest BCUT2D eigenvalue weighted by molar-refractivity contribution is 0.0696. The largest absolute Gasteiger partial charge is 0.478 e. The highest BCUT2D eigenvalue weighted by Crippen LogP contribution is 2.31. The third-order valence-corrected chi connectivity index (χ3v) is 3.46. The van der Waals surface area contributed by atoms with Crippen LogP contribution in [0.2, 0.25) is 0 Å². The van der Waals surface area contributed by atoms with Crippen molar-refractivity contribution in [3.8, 4) is 11.5 Å². The highest BCUT2D eigenvalue weighted by atomic mass is 79.9. The van der Waals surface area contributed by atoms with Gasteiger partial charge in [-0.1, -0.05) is 22.0 Å². The van der Waals surface area contributed by atoms with Crippen LogP contribution in [0.3, 0.4) is 0 Å². The summed E-state index contributed by atoms with van der Waals surface area (Å²) in [5.41, 5.74) is 1.52. The second-order valence-electron chi connectivity index (χ2n) is 4.00. The minimum atomic E-state index is -0.994. The fourth-order valence-corrected chi connectivity index (χ4v) is 2.28. The van der Waals surface area contributed by atoms with Gasteiger partial charge in [-0.25, -0.2) is 4.79 Å². The van der Waals surface area contributed by atoms with Crippen molar-refractivity contribution >= 4 is 32.9 Å². The third kappa shape index (κ3) is 2.13. The number of carboxylic acids is 1. The Hall–Kier alpha value is -2.14. The van der Waals surface area contributed by atoms with E-state index in [1.165, 1.54) is 12.3 Å². The quantitative estimate of drug-likeness (QED) is 0.777. The van der Waals surface area contributed by atoms with E-state index in [2.05, 4.69) is 20.9 Å². The van der Waals surface area contributed by atoms with Gasteiger partial charge in [-0.15, -0.1) is 0 Å². The predicted octanol–water partition coefficient (Wildman–Crippen LogP) is 3.96. The third-order valence-electron chi connectivity index (χ3n) is 2.77. The van der Waals surface area contributed by atoms with E-state index in [4.69, 9.17) is 9.52 Å². The molecule has 0 amide bonds. The minimum absolute atomic E-state index is 0.154. The number of hydrogen-bond donors (Lipinski definition) is 1. The monoisotopic (exact) mass is 317 g/mol. The molecular formula is C14H8BrNO3. The van der Waals surface area contributed by atoms with E-state index in [1.807, 2.05) is 24.3 Å². The number of aromatic carboxylic acids is 1. The SMILES string of the molecule is O=C(O)c1ccc(-c2cc3c(Br)cccc3o2)nc1. The molecule has 1 aromatic carbocycles. The van der Waals surface area contributed by atoms with Crippen molar-refractivity contribution < 1.29 is 14.3 Å². The minimum Gasteiger partial charge on any atom is -0.478 e. The van der Waals surface area contributed by atoms with Gasteiger partial charge < -0.3 is 9.52 Å². The second kappa shape index (κ2) is 4.51. The van der Waals surface area contributed by atoms with Crippen molar-refractivity contribution in [2.75, 3.05) is 0 Å². The first-order chi connectivity index (χ1) is 9.15. The fraction of sp³-hybridized carbons (Fsp3) is 0. The first-order valence-electron chi connectivity index (χ1n) is 5.53. The van der Waals surface area contributed by atoms with Gasteiger partial charge in [0.05, 0.1) is 5.56 Å². The lowest BCUT2D eigenvalue weighted by atomic mass is 10.2. The van der Waals surface area contributed by atoms with E-state index in [0.717, 1.165) is 15.4 Å². The first-order valence-corrected chi connectivity index (χ1v) is 6.32. The number of carbonyl (C=O) groups is 1. The van der Waals surface area contributed by atoms with Crippen LogP contribution in [0, 0.1) is 0 Å². The van der Waals surface area contributed by atoms with E-state index in [9.17, 15) is 4.79 Å². The standard InChI is InChI=1S/C14H8BrNO3/c15-10-2-1-3-12-9(10)6-13(19-12)11-5-4-8(7-16-11)14(17)18/h1-7H,(H,17,18). The van der Waals surface area contributed by atoms with Crippen LogP contribution in [-0.4, -0.2) is 16.1 Å². The average molecular weight is 318 g/mol. The molecule has 0 aliphatic heterocycles. The maximum Gasteiger partial charge on any atom is 0.337 e. The zero-order valence-electron chi connectivity index (χ0n) is 9.63. The molecule has 0 bridgehead atoms. The molecule has 0 spiro atoms. The number of nitrogens with zero attached hydrogens (tertiary/aromatic N) is 1. The van der Waals surface area contributed by atoms with Gasteiger partial charge in [0.25, 0.3) is 0 Å². The fourth-order valence-electron chi connectivity index (χ4n) is 1.82. The van der Waals surface area contributed by atoms with Gasteiger partial charge in [-0.3, -0.25) is 4.98 Å². The van der Waals surface area contributed by atoms with Crippen LogP contribution in [0.5, 0.6) is 0 Å². The lowest BCUT2D eigenvalue weighted by Gasteiger charge is -1.96. The van der Waals surface area contributed by atoms with Crippen molar-refractivity contribution in [2.24, 2.45) is 0 Å². The molecule has 4 nitrogen and oxygen atoms in total. The zero-order valence-corrected chi connectivity index (χ0v) is 11.2. The van der Waals surface area contributed by atoms with Gasteiger partial charge in [0.2, 0.25) is 0 Å². The van der Waals surface area contributed by atoms with Crippen LogP contribution < -0.4 is 0 Å². The number of hydrogen-bond acceptors (Lipinski definition) is 3. The van der Waals surface area contributed by atoms with Crippen LogP contribution in [0.1, 0.15) is 10.4 Å². The Kier molecular flexibility index (Phi) is 2.83. The zero-order chi connectivity index (χ0) is 13.4. The summed E-state index contributed by atoms with van der Waals surface area (Å²) >= 11 is 3.46. The molecule has 2 heterocycles. The number of pyridine rings is 1. The summed E-state index contributed by atoms with van der Waals surface area (Å²) in [6.07, 6.45) is 1.32. The van der Waals surface area contributed by atoms with Crippen LogP contribution in [0.25, 0.3) is 22.4 Å². The molecule has 0 aliphatic carbocycles. The van der Waals surface area contributed by atoms with E-state index in [0.29, 0.717) is 11.5 Å². The lowest BCUT2D eigenvalue weighted by Crippen LogP contribution is -1.96. The van der Waals surface area contributed by atoms with Crippen LogP contribution >= 0.6 is 15.9 Å². The highest BCUT2D eigenvalue weighted by Gasteiger charge is 2.10. The maximum atomic E-state index is 10.8. The molecular weight excluding hydrogens is 310 g/mol. The molecule has 0 unspecified atom stereocenters. The Labute approximate surface area is 116 Å². The van der Waals surface area contributed by atoms with Gasteiger partial charge in [0.1, 0.15) is 11.3 Å². The molecule has 1 N–H and O–H groups in total. The summed E-state index contributed by atoms with van der Waals surface area (Å²) < 4.78 is 6.64. The van der Waals surface area contributed by atoms with Gasteiger partial charge in [-0.2, -0.15) is 0 Å². The van der Waals surface area contributed by atoms with Crippen LogP contribution in [0.4, 0.5) is 0 Å². The molecule has 94 valence electrons. The van der Waals surface area contributed by atoms with Gasteiger partial charge in [-0.05, 0) is 30.3 Å². The van der Waals surface area contributed by atoms with E-state index in [-0.39, 0.29) is 5.56 Å². The van der Waals surface area contributed by atoms with Crippen molar-refractivity contribution in [3.63, 3.8) is 0 Å². The number of halogens is 1. The Morgan fingerprint density at radius 1 is 1.26 bits per heavy atom. The topological polar surface area (TPSA) is 63.3 Å².